The van der Waals surface area contributed by atoms with E-state index in [0.717, 1.165) is 17.5 Å². The van der Waals surface area contributed by atoms with Gasteiger partial charge in [0, 0.05) is 35.6 Å². The van der Waals surface area contributed by atoms with Crippen LogP contribution < -0.4 is 15.2 Å². The normalized spacial score (nSPS) is 17.5. The molecule has 30 heavy (non-hydrogen) atoms. The molecule has 4 aromatic rings. The Hall–Kier alpha value is -2.85. The fraction of sp³-hybridized carbons (Fsp3) is 0.250. The van der Waals surface area contributed by atoms with E-state index >= 15 is 0 Å². The number of anilines is 1. The van der Waals surface area contributed by atoms with Crippen LogP contribution in [0.2, 0.25) is 0 Å². The van der Waals surface area contributed by atoms with Crippen molar-refractivity contribution < 1.29 is 13.5 Å². The molecule has 0 aliphatic carbocycles. The van der Waals surface area contributed by atoms with Crippen LogP contribution in [0.15, 0.2) is 56.8 Å². The van der Waals surface area contributed by atoms with Gasteiger partial charge in [0.15, 0.2) is 5.58 Å². The highest BCUT2D eigenvalue weighted by Crippen LogP contribution is 2.42. The second-order valence-corrected chi connectivity index (χ2v) is 9.19. The molecule has 7 nitrogen and oxygen atoms in total. The molecule has 0 fully saturated rings. The molecule has 0 spiro atoms. The number of fused-ring (bicyclic) bond motifs is 2. The van der Waals surface area contributed by atoms with Crippen LogP contribution in [0.1, 0.15) is 31.9 Å². The molecule has 1 N–H and O–H groups in total. The Balaban J connectivity index is 1.58. The summed E-state index contributed by atoms with van der Waals surface area (Å²) >= 11 is 2.22. The molecular formula is C20H17FN4O3S2. The third-order valence-electron chi connectivity index (χ3n) is 4.94. The first kappa shape index (κ1) is 19.1. The Labute approximate surface area is 179 Å². The zero-order chi connectivity index (χ0) is 20.9. The lowest BCUT2D eigenvalue weighted by Gasteiger charge is -2.37. The minimum absolute atomic E-state index is 0.298. The van der Waals surface area contributed by atoms with Gasteiger partial charge in [0.1, 0.15) is 23.5 Å². The van der Waals surface area contributed by atoms with Gasteiger partial charge in [0.05, 0.1) is 16.5 Å². The van der Waals surface area contributed by atoms with Crippen molar-refractivity contribution in [3.8, 4) is 5.75 Å². The zero-order valence-corrected chi connectivity index (χ0v) is 17.7. The number of oxazole rings is 1. The quantitative estimate of drug-likeness (QED) is 0.450. The fourth-order valence-electron chi connectivity index (χ4n) is 3.72. The highest BCUT2D eigenvalue weighted by Gasteiger charge is 2.36. The maximum atomic E-state index is 14.9. The van der Waals surface area contributed by atoms with Crippen LogP contribution in [0.25, 0.3) is 11.1 Å². The van der Waals surface area contributed by atoms with E-state index in [4.69, 9.17) is 9.15 Å². The fourth-order valence-corrected chi connectivity index (χ4v) is 4.85. The largest absolute Gasteiger partial charge is 0.487 e. The molecular weight excluding hydrogens is 427 g/mol. The summed E-state index contributed by atoms with van der Waals surface area (Å²) in [7, 11) is 0. The van der Waals surface area contributed by atoms with Crippen molar-refractivity contribution in [1.29, 1.82) is 0 Å². The van der Waals surface area contributed by atoms with Gasteiger partial charge < -0.3 is 13.9 Å². The van der Waals surface area contributed by atoms with E-state index in [9.17, 15) is 9.18 Å². The van der Waals surface area contributed by atoms with Gasteiger partial charge in [-0.25, -0.2) is 14.2 Å². The highest BCUT2D eigenvalue weighted by molar-refractivity contribution is 8.00. The lowest BCUT2D eigenvalue weighted by atomic mass is 9.89. The van der Waals surface area contributed by atoms with E-state index in [1.54, 1.807) is 0 Å². The van der Waals surface area contributed by atoms with Gasteiger partial charge in [-0.1, -0.05) is 18.2 Å². The molecule has 3 heterocycles. The van der Waals surface area contributed by atoms with Crippen LogP contribution in [0.3, 0.4) is 0 Å². The number of rotatable bonds is 4. The van der Waals surface area contributed by atoms with E-state index in [1.807, 2.05) is 38.1 Å². The van der Waals surface area contributed by atoms with Gasteiger partial charge in [0.2, 0.25) is 5.13 Å². The Morgan fingerprint density at radius 2 is 2.17 bits per heavy atom. The van der Waals surface area contributed by atoms with Crippen LogP contribution in [0.5, 0.6) is 5.75 Å². The van der Waals surface area contributed by atoms with E-state index in [1.165, 1.54) is 34.6 Å². The lowest BCUT2D eigenvalue weighted by molar-refractivity contribution is 0.0666. The number of nitrogens with zero attached hydrogens (tertiary/aromatic N) is 3. The third kappa shape index (κ3) is 3.35. The molecule has 0 amide bonds. The van der Waals surface area contributed by atoms with Gasteiger partial charge in [0.25, 0.3) is 0 Å². The van der Waals surface area contributed by atoms with Crippen LogP contribution >= 0.6 is 23.5 Å². The first-order chi connectivity index (χ1) is 14.4. The van der Waals surface area contributed by atoms with Gasteiger partial charge in [-0.05, 0) is 31.9 Å². The predicted molar refractivity (Wildman–Crippen MR) is 114 cm³/mol. The minimum Gasteiger partial charge on any atom is -0.487 e. The number of ether oxygens (including phenoxy) is 1. The smallest absolute Gasteiger partial charge is 0.420 e. The molecule has 0 saturated heterocycles. The summed E-state index contributed by atoms with van der Waals surface area (Å²) in [6, 6.07) is 10.1. The van der Waals surface area contributed by atoms with Crippen molar-refractivity contribution in [2.45, 2.75) is 36.8 Å². The minimum atomic E-state index is -0.527. The first-order valence-corrected chi connectivity index (χ1v) is 10.8. The van der Waals surface area contributed by atoms with E-state index in [-0.39, 0.29) is 6.04 Å². The Morgan fingerprint density at radius 1 is 1.33 bits per heavy atom. The molecule has 10 heteroatoms. The summed E-state index contributed by atoms with van der Waals surface area (Å²) in [6.07, 6.45) is 1.97. The molecule has 0 bridgehead atoms. The Bertz CT molecular complexity index is 1280. The van der Waals surface area contributed by atoms with Crippen molar-refractivity contribution in [2.24, 2.45) is 0 Å². The molecule has 1 unspecified atom stereocenters. The molecule has 2 aromatic heterocycles. The molecule has 0 saturated carbocycles. The summed E-state index contributed by atoms with van der Waals surface area (Å²) < 4.78 is 34.8. The molecule has 0 radical (unpaired) electrons. The van der Waals surface area contributed by atoms with Crippen LogP contribution in [0, 0.1) is 5.82 Å². The lowest BCUT2D eigenvalue weighted by Crippen LogP contribution is -2.38. The summed E-state index contributed by atoms with van der Waals surface area (Å²) in [5.74, 6) is -0.270. The Kier molecular flexibility index (Phi) is 4.55. The maximum absolute atomic E-state index is 14.9. The summed E-state index contributed by atoms with van der Waals surface area (Å²) in [6.45, 7) is 3.94. The van der Waals surface area contributed by atoms with Crippen molar-refractivity contribution in [1.82, 2.24) is 13.9 Å². The molecule has 1 aliphatic rings. The first-order valence-electron chi connectivity index (χ1n) is 9.23. The number of nitrogens with one attached hydrogen (secondary N) is 1. The number of para-hydroxylation sites is 1. The van der Waals surface area contributed by atoms with Gasteiger partial charge in [-0.15, -0.1) is 0 Å². The maximum Gasteiger partial charge on any atom is 0.420 e. The average Bonchev–Trinajstić information content (AvgIpc) is 3.32. The highest BCUT2D eigenvalue weighted by atomic mass is 32.2. The second kappa shape index (κ2) is 7.13. The number of aromatic nitrogens is 3. The number of benzene rings is 2. The topological polar surface area (TPSA) is 82.2 Å². The van der Waals surface area contributed by atoms with Crippen molar-refractivity contribution in [2.75, 3.05) is 4.72 Å². The molecule has 2 aromatic carbocycles. The van der Waals surface area contributed by atoms with E-state index in [2.05, 4.69) is 14.1 Å². The molecule has 154 valence electrons. The molecule has 1 atom stereocenters. The van der Waals surface area contributed by atoms with Crippen LogP contribution in [-0.4, -0.2) is 19.5 Å². The third-order valence-corrected chi connectivity index (χ3v) is 6.47. The Morgan fingerprint density at radius 3 is 2.97 bits per heavy atom. The van der Waals surface area contributed by atoms with Crippen molar-refractivity contribution in [3.63, 3.8) is 0 Å². The van der Waals surface area contributed by atoms with Crippen LogP contribution in [0.4, 0.5) is 9.52 Å². The number of hydrogen-bond acceptors (Lipinski definition) is 8. The SMILES string of the molecule is CC1(C)CC(n2c(=O)oc3cc(SNc4ncns4)c(F)cc32)c2ccccc2O1. The van der Waals surface area contributed by atoms with Gasteiger partial charge >= 0.3 is 5.76 Å². The standard InChI is InChI=1S/C20H17FN4O3S2/c1-20(2)9-14(11-5-3-4-6-15(11)28-20)25-13-7-12(21)17(8-16(13)27-19(25)26)29-24-18-22-10-23-30-18/h3-8,10,14H,9H2,1-2H3,(H,22,23,24). The van der Waals surface area contributed by atoms with E-state index in [0.29, 0.717) is 33.3 Å². The summed E-state index contributed by atoms with van der Waals surface area (Å²) in [4.78, 5) is 17.1. The predicted octanol–water partition coefficient (Wildman–Crippen LogP) is 4.85. The van der Waals surface area contributed by atoms with Crippen molar-refractivity contribution >= 4 is 39.7 Å². The molecule has 1 aliphatic heterocycles. The van der Waals surface area contributed by atoms with Crippen molar-refractivity contribution in [3.05, 3.63) is 64.7 Å². The van der Waals surface area contributed by atoms with Gasteiger partial charge in [-0.2, -0.15) is 4.37 Å². The van der Waals surface area contributed by atoms with Gasteiger partial charge in [-0.3, -0.25) is 4.57 Å². The molecule has 5 rings (SSSR count). The second-order valence-electron chi connectivity index (χ2n) is 7.56. The van der Waals surface area contributed by atoms with E-state index < -0.39 is 17.2 Å². The monoisotopic (exact) mass is 444 g/mol. The number of hydrogen-bond donors (Lipinski definition) is 1. The zero-order valence-electron chi connectivity index (χ0n) is 16.1. The average molecular weight is 445 g/mol. The summed E-state index contributed by atoms with van der Waals surface area (Å²) in [5, 5.41) is 0.555. The number of halogens is 1. The van der Waals surface area contributed by atoms with Crippen LogP contribution in [-0.2, 0) is 0 Å². The summed E-state index contributed by atoms with van der Waals surface area (Å²) in [5.41, 5.74) is 1.13.